The third kappa shape index (κ3) is 2.59. The molecule has 19 heavy (non-hydrogen) atoms. The summed E-state index contributed by atoms with van der Waals surface area (Å²) >= 11 is 0. The Morgan fingerprint density at radius 1 is 1.42 bits per heavy atom. The van der Waals surface area contributed by atoms with Crippen LogP contribution in [0.1, 0.15) is 42.1 Å². The molecule has 1 fully saturated rings. The molecule has 102 valence electrons. The highest BCUT2D eigenvalue weighted by atomic mass is 16.5. The smallest absolute Gasteiger partial charge is 0.338 e. The Kier molecular flexibility index (Phi) is 3.42. The molecule has 2 atom stereocenters. The molecule has 0 spiro atoms. The summed E-state index contributed by atoms with van der Waals surface area (Å²) in [6, 6.07) is 5.98. The van der Waals surface area contributed by atoms with Gasteiger partial charge in [-0.25, -0.2) is 4.79 Å². The summed E-state index contributed by atoms with van der Waals surface area (Å²) in [5.74, 6) is 0.584. The van der Waals surface area contributed by atoms with Crippen LogP contribution in [-0.4, -0.2) is 24.7 Å². The van der Waals surface area contributed by atoms with Gasteiger partial charge < -0.3 is 14.8 Å². The highest BCUT2D eigenvalue weighted by molar-refractivity contribution is 5.93. The molecule has 1 N–H and O–H groups in total. The highest BCUT2D eigenvalue weighted by Crippen LogP contribution is 2.26. The fraction of sp³-hybridized carbons (Fsp3) is 0.533. The molecule has 2 aliphatic rings. The molecule has 0 aliphatic carbocycles. The van der Waals surface area contributed by atoms with Crippen LogP contribution in [0.4, 0.5) is 0 Å². The first-order valence-corrected chi connectivity index (χ1v) is 6.94. The summed E-state index contributed by atoms with van der Waals surface area (Å²) in [7, 11) is 0. The quantitative estimate of drug-likeness (QED) is 0.848. The van der Waals surface area contributed by atoms with Gasteiger partial charge in [0.05, 0.1) is 5.56 Å². The predicted octanol–water partition coefficient (Wildman–Crippen LogP) is 2.27. The summed E-state index contributed by atoms with van der Waals surface area (Å²) in [4.78, 5) is 11.4. The van der Waals surface area contributed by atoms with E-state index in [0.717, 1.165) is 24.3 Å². The van der Waals surface area contributed by atoms with E-state index in [9.17, 15) is 4.79 Å². The third-order valence-corrected chi connectivity index (χ3v) is 3.89. The highest BCUT2D eigenvalue weighted by Gasteiger charge is 2.24. The molecule has 0 amide bonds. The van der Waals surface area contributed by atoms with E-state index in [4.69, 9.17) is 9.47 Å². The van der Waals surface area contributed by atoms with Gasteiger partial charge in [0.15, 0.2) is 0 Å². The largest absolute Gasteiger partial charge is 0.489 e. The van der Waals surface area contributed by atoms with Crippen molar-refractivity contribution < 1.29 is 14.3 Å². The van der Waals surface area contributed by atoms with Crippen LogP contribution < -0.4 is 10.1 Å². The van der Waals surface area contributed by atoms with E-state index in [1.54, 1.807) is 6.07 Å². The molecule has 2 heterocycles. The van der Waals surface area contributed by atoms with Crippen molar-refractivity contribution in [1.82, 2.24) is 5.32 Å². The van der Waals surface area contributed by atoms with E-state index in [1.165, 1.54) is 12.8 Å². The van der Waals surface area contributed by atoms with Crippen molar-refractivity contribution in [2.45, 2.75) is 44.9 Å². The van der Waals surface area contributed by atoms with Crippen molar-refractivity contribution in [2.24, 2.45) is 0 Å². The Bertz CT molecular complexity index is 480. The van der Waals surface area contributed by atoms with Crippen LogP contribution in [0.2, 0.25) is 0 Å². The number of nitrogens with one attached hydrogen (secondary N) is 1. The maximum atomic E-state index is 11.4. The van der Waals surface area contributed by atoms with Crippen LogP contribution in [-0.2, 0) is 11.3 Å². The van der Waals surface area contributed by atoms with Crippen molar-refractivity contribution in [3.05, 3.63) is 29.3 Å². The summed E-state index contributed by atoms with van der Waals surface area (Å²) in [5.41, 5.74) is 1.59. The predicted molar refractivity (Wildman–Crippen MR) is 71.3 cm³/mol. The average molecular weight is 261 g/mol. The first-order valence-electron chi connectivity index (χ1n) is 6.94. The number of benzene rings is 1. The molecule has 1 aromatic carbocycles. The van der Waals surface area contributed by atoms with Gasteiger partial charge in [-0.3, -0.25) is 0 Å². The minimum atomic E-state index is -0.233. The molecular formula is C15H19NO3. The minimum Gasteiger partial charge on any atom is -0.489 e. The lowest BCUT2D eigenvalue weighted by Gasteiger charge is -2.29. The standard InChI is InChI=1S/C15H19NO3/c1-10(14-4-2-3-7-16-14)19-12-5-6-13-11(8-12)9-18-15(13)17/h5-6,8,10,14,16H,2-4,7,9H2,1H3. The summed E-state index contributed by atoms with van der Waals surface area (Å²) < 4.78 is 11.0. The van der Waals surface area contributed by atoms with Crippen LogP contribution in [0, 0.1) is 0 Å². The number of ether oxygens (including phenoxy) is 2. The van der Waals surface area contributed by atoms with Gasteiger partial charge in [0.1, 0.15) is 18.5 Å². The summed E-state index contributed by atoms with van der Waals surface area (Å²) in [6.45, 7) is 3.53. The molecule has 4 nitrogen and oxygen atoms in total. The van der Waals surface area contributed by atoms with Gasteiger partial charge in [-0.15, -0.1) is 0 Å². The molecule has 1 saturated heterocycles. The fourth-order valence-electron chi connectivity index (χ4n) is 2.76. The lowest BCUT2D eigenvalue weighted by Crippen LogP contribution is -2.44. The number of esters is 1. The van der Waals surface area contributed by atoms with E-state index in [-0.39, 0.29) is 12.1 Å². The summed E-state index contributed by atoms with van der Waals surface area (Å²) in [5, 5.41) is 3.49. The maximum absolute atomic E-state index is 11.4. The summed E-state index contributed by atoms with van der Waals surface area (Å²) in [6.07, 6.45) is 3.81. The van der Waals surface area contributed by atoms with E-state index in [1.807, 2.05) is 12.1 Å². The average Bonchev–Trinajstić information content (AvgIpc) is 2.81. The number of cyclic esters (lactones) is 1. The Balaban J connectivity index is 1.68. The molecule has 3 rings (SSSR count). The minimum absolute atomic E-state index is 0.136. The number of hydrogen-bond acceptors (Lipinski definition) is 4. The number of carbonyl (C=O) groups excluding carboxylic acids is 1. The van der Waals surface area contributed by atoms with Gasteiger partial charge in [-0.1, -0.05) is 6.42 Å². The normalized spacial score (nSPS) is 23.6. The molecule has 0 bridgehead atoms. The van der Waals surface area contributed by atoms with Gasteiger partial charge in [-0.2, -0.15) is 0 Å². The molecule has 2 aliphatic heterocycles. The van der Waals surface area contributed by atoms with E-state index < -0.39 is 0 Å². The Hall–Kier alpha value is -1.55. The zero-order valence-electron chi connectivity index (χ0n) is 11.1. The zero-order valence-corrected chi connectivity index (χ0v) is 11.1. The van der Waals surface area contributed by atoms with Crippen LogP contribution in [0.15, 0.2) is 18.2 Å². The van der Waals surface area contributed by atoms with Gasteiger partial charge in [0, 0.05) is 11.6 Å². The fourth-order valence-corrected chi connectivity index (χ4v) is 2.76. The van der Waals surface area contributed by atoms with E-state index in [0.29, 0.717) is 18.2 Å². The number of rotatable bonds is 3. The Morgan fingerprint density at radius 2 is 2.32 bits per heavy atom. The third-order valence-electron chi connectivity index (χ3n) is 3.89. The van der Waals surface area contributed by atoms with Crippen molar-refractivity contribution >= 4 is 5.97 Å². The van der Waals surface area contributed by atoms with E-state index in [2.05, 4.69) is 12.2 Å². The second-order valence-electron chi connectivity index (χ2n) is 5.27. The molecule has 0 saturated carbocycles. The molecule has 2 unspecified atom stereocenters. The molecule has 0 aromatic heterocycles. The molecule has 0 radical (unpaired) electrons. The topological polar surface area (TPSA) is 47.6 Å². The van der Waals surface area contributed by atoms with Crippen molar-refractivity contribution in [2.75, 3.05) is 6.54 Å². The van der Waals surface area contributed by atoms with Gasteiger partial charge >= 0.3 is 5.97 Å². The molecule has 4 heteroatoms. The van der Waals surface area contributed by atoms with Crippen molar-refractivity contribution in [3.8, 4) is 5.75 Å². The van der Waals surface area contributed by atoms with Crippen LogP contribution in [0.3, 0.4) is 0 Å². The van der Waals surface area contributed by atoms with Crippen molar-refractivity contribution in [3.63, 3.8) is 0 Å². The van der Waals surface area contributed by atoms with Crippen LogP contribution >= 0.6 is 0 Å². The van der Waals surface area contributed by atoms with Crippen LogP contribution in [0.5, 0.6) is 5.75 Å². The SMILES string of the molecule is CC(Oc1ccc2c(c1)COC2=O)C1CCCCN1. The maximum Gasteiger partial charge on any atom is 0.338 e. The molecular weight excluding hydrogens is 242 g/mol. The number of hydrogen-bond donors (Lipinski definition) is 1. The second kappa shape index (κ2) is 5.21. The lowest BCUT2D eigenvalue weighted by molar-refractivity contribution is 0.0535. The van der Waals surface area contributed by atoms with Crippen LogP contribution in [0.25, 0.3) is 0 Å². The first kappa shape index (κ1) is 12.5. The molecule has 1 aromatic rings. The number of carbonyl (C=O) groups is 1. The Labute approximate surface area is 113 Å². The zero-order chi connectivity index (χ0) is 13.2. The number of piperidine rings is 1. The monoisotopic (exact) mass is 261 g/mol. The number of fused-ring (bicyclic) bond motifs is 1. The first-order chi connectivity index (χ1) is 9.24. The Morgan fingerprint density at radius 3 is 3.11 bits per heavy atom. The second-order valence-corrected chi connectivity index (χ2v) is 5.27. The van der Waals surface area contributed by atoms with Gasteiger partial charge in [0.2, 0.25) is 0 Å². The van der Waals surface area contributed by atoms with Gasteiger partial charge in [0.25, 0.3) is 0 Å². The van der Waals surface area contributed by atoms with E-state index >= 15 is 0 Å². The lowest BCUT2D eigenvalue weighted by atomic mass is 10.0. The van der Waals surface area contributed by atoms with Gasteiger partial charge in [-0.05, 0) is 44.5 Å². The van der Waals surface area contributed by atoms with Crippen molar-refractivity contribution in [1.29, 1.82) is 0 Å².